The second kappa shape index (κ2) is 5.32. The first-order chi connectivity index (χ1) is 8.71. The summed E-state index contributed by atoms with van der Waals surface area (Å²) in [7, 11) is 0. The van der Waals surface area contributed by atoms with Crippen LogP contribution in [0.5, 0.6) is 0 Å². The maximum atomic E-state index is 5.72. The van der Waals surface area contributed by atoms with Crippen LogP contribution in [-0.4, -0.2) is 19.6 Å². The number of hydrazine groups is 1. The van der Waals surface area contributed by atoms with Crippen molar-refractivity contribution in [2.45, 2.75) is 39.9 Å². The first-order valence-electron chi connectivity index (χ1n) is 6.23. The van der Waals surface area contributed by atoms with Gasteiger partial charge in [-0.3, -0.25) is 15.2 Å². The van der Waals surface area contributed by atoms with Gasteiger partial charge >= 0.3 is 0 Å². The van der Waals surface area contributed by atoms with E-state index in [0.717, 1.165) is 30.2 Å². The van der Waals surface area contributed by atoms with Crippen LogP contribution in [0.3, 0.4) is 0 Å². The lowest BCUT2D eigenvalue weighted by atomic mass is 10.1. The van der Waals surface area contributed by atoms with E-state index in [4.69, 9.17) is 5.84 Å². The Bertz CT molecular complexity index is 512. The Balaban J connectivity index is 2.44. The van der Waals surface area contributed by atoms with Crippen LogP contribution in [0.25, 0.3) is 0 Å². The number of aromatic nitrogens is 4. The lowest BCUT2D eigenvalue weighted by Gasteiger charge is -2.18. The minimum absolute atomic E-state index is 0.0893. The predicted molar refractivity (Wildman–Crippen MR) is 69.7 cm³/mol. The van der Waals surface area contributed by atoms with Gasteiger partial charge in [-0.05, 0) is 32.9 Å². The molecule has 2 rings (SSSR count). The van der Waals surface area contributed by atoms with E-state index in [2.05, 4.69) is 35.5 Å². The van der Waals surface area contributed by atoms with Gasteiger partial charge in [0.25, 0.3) is 0 Å². The quantitative estimate of drug-likeness (QED) is 0.611. The summed E-state index contributed by atoms with van der Waals surface area (Å²) in [5.41, 5.74) is 5.97. The summed E-state index contributed by atoms with van der Waals surface area (Å²) in [6.07, 6.45) is 1.79. The maximum Gasteiger partial charge on any atom is 0.105 e. The van der Waals surface area contributed by atoms with Crippen molar-refractivity contribution in [3.8, 4) is 0 Å². The fourth-order valence-corrected chi connectivity index (χ4v) is 2.23. The van der Waals surface area contributed by atoms with Crippen molar-refractivity contribution in [1.29, 1.82) is 0 Å². The standard InChI is InChI=1S/C12H20N6/c1-4-17-10(6-7-14-17)12(15-13)11-8-9(3)16-18(11)5-2/h6-8,12,15H,4-5,13H2,1-3H3. The fraction of sp³-hybridized carbons (Fsp3) is 0.500. The normalized spacial score (nSPS) is 12.9. The number of hydrogen-bond acceptors (Lipinski definition) is 4. The molecule has 0 amide bonds. The average molecular weight is 248 g/mol. The summed E-state index contributed by atoms with van der Waals surface area (Å²) in [4.78, 5) is 0. The zero-order valence-electron chi connectivity index (χ0n) is 11.1. The molecule has 0 aliphatic rings. The lowest BCUT2D eigenvalue weighted by molar-refractivity contribution is 0.500. The van der Waals surface area contributed by atoms with Gasteiger partial charge in [0.05, 0.1) is 17.1 Å². The molecule has 0 aliphatic carbocycles. The highest BCUT2D eigenvalue weighted by molar-refractivity contribution is 5.23. The van der Waals surface area contributed by atoms with Gasteiger partial charge in [-0.25, -0.2) is 5.43 Å². The first-order valence-corrected chi connectivity index (χ1v) is 6.23. The van der Waals surface area contributed by atoms with Gasteiger partial charge in [0.15, 0.2) is 0 Å². The Hall–Kier alpha value is -1.66. The van der Waals surface area contributed by atoms with Gasteiger partial charge in [0, 0.05) is 19.3 Å². The van der Waals surface area contributed by atoms with Gasteiger partial charge in [-0.15, -0.1) is 0 Å². The molecule has 0 spiro atoms. The fourth-order valence-electron chi connectivity index (χ4n) is 2.23. The maximum absolute atomic E-state index is 5.72. The number of nitrogens with one attached hydrogen (secondary N) is 1. The van der Waals surface area contributed by atoms with Crippen LogP contribution in [0.4, 0.5) is 0 Å². The number of hydrogen-bond donors (Lipinski definition) is 2. The summed E-state index contributed by atoms with van der Waals surface area (Å²) >= 11 is 0. The minimum atomic E-state index is -0.0893. The second-order valence-corrected chi connectivity index (χ2v) is 4.20. The minimum Gasteiger partial charge on any atom is -0.270 e. The van der Waals surface area contributed by atoms with Crippen LogP contribution in [0.15, 0.2) is 18.3 Å². The van der Waals surface area contributed by atoms with Crippen molar-refractivity contribution in [3.05, 3.63) is 35.4 Å². The Morgan fingerprint density at radius 3 is 2.61 bits per heavy atom. The van der Waals surface area contributed by atoms with Gasteiger partial charge in [0.1, 0.15) is 6.04 Å². The number of aryl methyl sites for hydroxylation is 3. The highest BCUT2D eigenvalue weighted by Gasteiger charge is 2.20. The summed E-state index contributed by atoms with van der Waals surface area (Å²) in [6.45, 7) is 7.76. The van der Waals surface area contributed by atoms with E-state index in [1.807, 2.05) is 22.4 Å². The molecule has 1 atom stereocenters. The molecule has 98 valence electrons. The molecule has 18 heavy (non-hydrogen) atoms. The summed E-state index contributed by atoms with van der Waals surface area (Å²) in [5, 5.41) is 8.74. The van der Waals surface area contributed by atoms with Gasteiger partial charge in [-0.1, -0.05) is 0 Å². The van der Waals surface area contributed by atoms with Crippen LogP contribution in [0, 0.1) is 6.92 Å². The molecule has 3 N–H and O–H groups in total. The lowest BCUT2D eigenvalue weighted by Crippen LogP contribution is -2.32. The molecule has 0 saturated carbocycles. The summed E-state index contributed by atoms with van der Waals surface area (Å²) < 4.78 is 3.90. The molecule has 2 heterocycles. The van der Waals surface area contributed by atoms with Crippen molar-refractivity contribution in [2.24, 2.45) is 5.84 Å². The highest BCUT2D eigenvalue weighted by Crippen LogP contribution is 2.22. The van der Waals surface area contributed by atoms with E-state index < -0.39 is 0 Å². The molecule has 0 bridgehead atoms. The van der Waals surface area contributed by atoms with Crippen molar-refractivity contribution in [3.63, 3.8) is 0 Å². The summed E-state index contributed by atoms with van der Waals surface area (Å²) in [6, 6.07) is 3.95. The smallest absolute Gasteiger partial charge is 0.105 e. The van der Waals surface area contributed by atoms with Crippen molar-refractivity contribution < 1.29 is 0 Å². The molecule has 2 aromatic rings. The van der Waals surface area contributed by atoms with Crippen LogP contribution >= 0.6 is 0 Å². The number of nitrogens with zero attached hydrogens (tertiary/aromatic N) is 4. The topological polar surface area (TPSA) is 73.7 Å². The molecule has 6 nitrogen and oxygen atoms in total. The predicted octanol–water partition coefficient (Wildman–Crippen LogP) is 0.981. The molecule has 0 saturated heterocycles. The molecular formula is C12H20N6. The van der Waals surface area contributed by atoms with Crippen LogP contribution in [0.1, 0.15) is 37.0 Å². The Labute approximate surface area is 107 Å². The van der Waals surface area contributed by atoms with E-state index in [-0.39, 0.29) is 6.04 Å². The van der Waals surface area contributed by atoms with Crippen molar-refractivity contribution >= 4 is 0 Å². The summed E-state index contributed by atoms with van der Waals surface area (Å²) in [5.74, 6) is 5.72. The molecular weight excluding hydrogens is 228 g/mol. The Kier molecular flexibility index (Phi) is 3.78. The van der Waals surface area contributed by atoms with Crippen molar-refractivity contribution in [2.75, 3.05) is 0 Å². The SMILES string of the molecule is CCn1nccc1C(NN)c1cc(C)nn1CC. The van der Waals surface area contributed by atoms with Gasteiger partial charge in [-0.2, -0.15) is 10.2 Å². The molecule has 0 aliphatic heterocycles. The zero-order valence-corrected chi connectivity index (χ0v) is 11.1. The molecule has 1 unspecified atom stereocenters. The largest absolute Gasteiger partial charge is 0.270 e. The molecule has 0 fully saturated rings. The van der Waals surface area contributed by atoms with Crippen molar-refractivity contribution in [1.82, 2.24) is 25.0 Å². The molecule has 2 aromatic heterocycles. The van der Waals surface area contributed by atoms with Crippen LogP contribution < -0.4 is 11.3 Å². The van der Waals surface area contributed by atoms with E-state index in [1.165, 1.54) is 0 Å². The highest BCUT2D eigenvalue weighted by atomic mass is 15.3. The third-order valence-corrected chi connectivity index (χ3v) is 3.04. The van der Waals surface area contributed by atoms with E-state index in [1.54, 1.807) is 6.20 Å². The number of nitrogens with two attached hydrogens (primary N) is 1. The van der Waals surface area contributed by atoms with E-state index >= 15 is 0 Å². The molecule has 0 radical (unpaired) electrons. The Morgan fingerprint density at radius 1 is 1.28 bits per heavy atom. The van der Waals surface area contributed by atoms with E-state index in [0.29, 0.717) is 0 Å². The molecule has 0 aromatic carbocycles. The molecule has 6 heteroatoms. The Morgan fingerprint density at radius 2 is 2.00 bits per heavy atom. The first kappa shape index (κ1) is 12.8. The van der Waals surface area contributed by atoms with Gasteiger partial charge < -0.3 is 0 Å². The third kappa shape index (κ3) is 2.16. The second-order valence-electron chi connectivity index (χ2n) is 4.20. The van der Waals surface area contributed by atoms with E-state index in [9.17, 15) is 0 Å². The van der Waals surface area contributed by atoms with Gasteiger partial charge in [0.2, 0.25) is 0 Å². The monoisotopic (exact) mass is 248 g/mol. The number of rotatable bonds is 5. The zero-order chi connectivity index (χ0) is 13.1. The van der Waals surface area contributed by atoms with Crippen LogP contribution in [-0.2, 0) is 13.1 Å². The average Bonchev–Trinajstić information content (AvgIpc) is 2.97. The van der Waals surface area contributed by atoms with Crippen LogP contribution in [0.2, 0.25) is 0 Å². The third-order valence-electron chi connectivity index (χ3n) is 3.04.